The second-order valence-electron chi connectivity index (χ2n) is 5.87. The van der Waals surface area contributed by atoms with Crippen molar-refractivity contribution in [1.29, 1.82) is 0 Å². The van der Waals surface area contributed by atoms with E-state index >= 15 is 0 Å². The second kappa shape index (κ2) is 2.72. The van der Waals surface area contributed by atoms with Gasteiger partial charge < -0.3 is 9.47 Å². The first-order valence-corrected chi connectivity index (χ1v) is 6.56. The highest BCUT2D eigenvalue weighted by Gasteiger charge is 2.68. The molecule has 0 radical (unpaired) electrons. The maximum atomic E-state index is 6.84. The van der Waals surface area contributed by atoms with Crippen molar-refractivity contribution < 1.29 is 9.47 Å². The smallest absolute Gasteiger partial charge is 0.190 e. The number of hydrogen-bond acceptors (Lipinski definition) is 2. The summed E-state index contributed by atoms with van der Waals surface area (Å²) in [5.74, 6) is 1.86. The van der Waals surface area contributed by atoms with Gasteiger partial charge in [0.05, 0.1) is 18.1 Å². The van der Waals surface area contributed by atoms with Gasteiger partial charge in [-0.15, -0.1) is 11.6 Å². The Morgan fingerprint density at radius 1 is 0.933 bits per heavy atom. The lowest BCUT2D eigenvalue weighted by Gasteiger charge is -2.62. The van der Waals surface area contributed by atoms with Crippen LogP contribution in [0, 0.1) is 17.8 Å². The quantitative estimate of drug-likeness (QED) is 0.594. The molecule has 84 valence electrons. The molecular formula is C12H17ClO2. The maximum absolute atomic E-state index is 6.84. The number of alkyl halides is 1. The number of hydrogen-bond donors (Lipinski definition) is 0. The van der Waals surface area contributed by atoms with Gasteiger partial charge in [-0.1, -0.05) is 0 Å². The Bertz CT molecular complexity index is 284. The Balaban J connectivity index is 1.80. The van der Waals surface area contributed by atoms with E-state index in [1.807, 2.05) is 0 Å². The molecule has 1 spiro atoms. The molecular weight excluding hydrogens is 212 g/mol. The topological polar surface area (TPSA) is 18.5 Å². The van der Waals surface area contributed by atoms with Crippen LogP contribution in [0.4, 0.5) is 0 Å². The molecule has 0 aromatic rings. The number of rotatable bonds is 0. The zero-order chi connectivity index (χ0) is 10.1. The Kier molecular flexibility index (Phi) is 1.68. The molecule has 0 aromatic heterocycles. The Morgan fingerprint density at radius 2 is 1.53 bits per heavy atom. The molecule has 15 heavy (non-hydrogen) atoms. The van der Waals surface area contributed by atoms with Gasteiger partial charge in [0.15, 0.2) is 5.79 Å². The molecule has 0 N–H and O–H groups in total. The van der Waals surface area contributed by atoms with Gasteiger partial charge in [-0.3, -0.25) is 0 Å². The maximum Gasteiger partial charge on any atom is 0.190 e. The predicted octanol–water partition coefficient (Wildman–Crippen LogP) is 2.55. The van der Waals surface area contributed by atoms with Crippen LogP contribution in [0.15, 0.2) is 0 Å². The third-order valence-electron chi connectivity index (χ3n) is 5.01. The van der Waals surface area contributed by atoms with Crippen molar-refractivity contribution in [2.24, 2.45) is 17.8 Å². The van der Waals surface area contributed by atoms with Gasteiger partial charge in [0, 0.05) is 5.92 Å². The van der Waals surface area contributed by atoms with E-state index in [1.165, 1.54) is 19.3 Å². The van der Waals surface area contributed by atoms with Crippen LogP contribution in [-0.4, -0.2) is 23.9 Å². The molecule has 5 fully saturated rings. The lowest BCUT2D eigenvalue weighted by molar-refractivity contribution is -0.276. The molecule has 3 heteroatoms. The Hall–Kier alpha value is 0.210. The summed E-state index contributed by atoms with van der Waals surface area (Å²) in [4.78, 5) is -0.196. The molecule has 1 aliphatic heterocycles. The SMILES string of the molecule is ClC12CC3CC(CC(C3)C13OCCO3)C2. The summed E-state index contributed by atoms with van der Waals surface area (Å²) in [6, 6.07) is 0. The first kappa shape index (κ1) is 9.26. The van der Waals surface area contributed by atoms with E-state index in [-0.39, 0.29) is 4.87 Å². The number of halogens is 1. The summed E-state index contributed by atoms with van der Waals surface area (Å²) >= 11 is 6.84. The minimum absolute atomic E-state index is 0.196. The molecule has 0 aromatic carbocycles. The molecule has 1 saturated heterocycles. The van der Waals surface area contributed by atoms with Crippen LogP contribution in [0.25, 0.3) is 0 Å². The molecule has 2 nitrogen and oxygen atoms in total. The average Bonchev–Trinajstić information content (AvgIpc) is 2.63. The zero-order valence-corrected chi connectivity index (χ0v) is 9.63. The summed E-state index contributed by atoms with van der Waals surface area (Å²) in [6.45, 7) is 1.47. The van der Waals surface area contributed by atoms with Gasteiger partial charge in [0.25, 0.3) is 0 Å². The highest BCUT2D eigenvalue weighted by molar-refractivity contribution is 6.25. The van der Waals surface area contributed by atoms with Crippen molar-refractivity contribution in [3.05, 3.63) is 0 Å². The Morgan fingerprint density at radius 3 is 2.07 bits per heavy atom. The van der Waals surface area contributed by atoms with Gasteiger partial charge in [-0.25, -0.2) is 0 Å². The highest BCUT2D eigenvalue weighted by Crippen LogP contribution is 2.65. The van der Waals surface area contributed by atoms with Crippen molar-refractivity contribution >= 4 is 11.6 Å². The Labute approximate surface area is 95.3 Å². The largest absolute Gasteiger partial charge is 0.346 e. The van der Waals surface area contributed by atoms with Gasteiger partial charge >= 0.3 is 0 Å². The molecule has 4 bridgehead atoms. The van der Waals surface area contributed by atoms with E-state index in [4.69, 9.17) is 21.1 Å². The molecule has 5 aliphatic rings. The summed E-state index contributed by atoms with van der Waals surface area (Å²) in [5.41, 5.74) is 0. The first-order chi connectivity index (χ1) is 7.22. The molecule has 2 atom stereocenters. The average molecular weight is 229 g/mol. The third kappa shape index (κ3) is 0.992. The highest BCUT2D eigenvalue weighted by atomic mass is 35.5. The lowest BCUT2D eigenvalue weighted by Crippen LogP contribution is -2.66. The van der Waals surface area contributed by atoms with Crippen LogP contribution >= 0.6 is 11.6 Å². The molecule has 2 unspecified atom stereocenters. The van der Waals surface area contributed by atoms with Crippen molar-refractivity contribution in [1.82, 2.24) is 0 Å². The summed E-state index contributed by atoms with van der Waals surface area (Å²) < 4.78 is 11.9. The fourth-order valence-electron chi connectivity index (χ4n) is 4.78. The monoisotopic (exact) mass is 228 g/mol. The van der Waals surface area contributed by atoms with Gasteiger partial charge in [0.1, 0.15) is 0 Å². The van der Waals surface area contributed by atoms with E-state index in [0.29, 0.717) is 5.92 Å². The van der Waals surface area contributed by atoms with Crippen molar-refractivity contribution in [3.8, 4) is 0 Å². The van der Waals surface area contributed by atoms with Crippen LogP contribution in [-0.2, 0) is 9.47 Å². The standard InChI is InChI=1S/C12H17ClO2/c13-11-6-8-3-9(7-11)5-10(4-8)12(11)14-1-2-15-12/h8-10H,1-7H2. The van der Waals surface area contributed by atoms with Crippen molar-refractivity contribution in [2.45, 2.75) is 42.8 Å². The molecule has 4 aliphatic carbocycles. The number of ether oxygens (including phenoxy) is 2. The van der Waals surface area contributed by atoms with E-state index in [1.54, 1.807) is 0 Å². The first-order valence-electron chi connectivity index (χ1n) is 6.19. The lowest BCUT2D eigenvalue weighted by atomic mass is 9.53. The van der Waals surface area contributed by atoms with E-state index in [0.717, 1.165) is 37.9 Å². The summed E-state index contributed by atoms with van der Waals surface area (Å²) in [6.07, 6.45) is 6.19. The fraction of sp³-hybridized carbons (Fsp3) is 1.00. The molecule has 5 rings (SSSR count). The second-order valence-corrected chi connectivity index (χ2v) is 6.60. The van der Waals surface area contributed by atoms with E-state index in [9.17, 15) is 0 Å². The summed E-state index contributed by atoms with van der Waals surface area (Å²) in [5, 5.41) is 0. The van der Waals surface area contributed by atoms with Crippen LogP contribution in [0.2, 0.25) is 0 Å². The van der Waals surface area contributed by atoms with Crippen LogP contribution in [0.1, 0.15) is 32.1 Å². The van der Waals surface area contributed by atoms with Crippen LogP contribution < -0.4 is 0 Å². The summed E-state index contributed by atoms with van der Waals surface area (Å²) in [7, 11) is 0. The fourth-order valence-corrected chi connectivity index (χ4v) is 5.48. The van der Waals surface area contributed by atoms with Gasteiger partial charge in [-0.05, 0) is 43.9 Å². The minimum atomic E-state index is -0.401. The van der Waals surface area contributed by atoms with Crippen molar-refractivity contribution in [3.63, 3.8) is 0 Å². The normalized spacial score (nSPS) is 55.4. The van der Waals surface area contributed by atoms with Crippen LogP contribution in [0.5, 0.6) is 0 Å². The molecule has 1 heterocycles. The van der Waals surface area contributed by atoms with E-state index < -0.39 is 5.79 Å². The van der Waals surface area contributed by atoms with Gasteiger partial charge in [0.2, 0.25) is 0 Å². The molecule has 4 saturated carbocycles. The zero-order valence-electron chi connectivity index (χ0n) is 8.88. The minimum Gasteiger partial charge on any atom is -0.346 e. The molecule has 0 amide bonds. The third-order valence-corrected chi connectivity index (χ3v) is 5.58. The predicted molar refractivity (Wildman–Crippen MR) is 56.8 cm³/mol. The van der Waals surface area contributed by atoms with Crippen LogP contribution in [0.3, 0.4) is 0 Å². The van der Waals surface area contributed by atoms with Gasteiger partial charge in [-0.2, -0.15) is 0 Å². The van der Waals surface area contributed by atoms with Crippen molar-refractivity contribution in [2.75, 3.05) is 13.2 Å². The van der Waals surface area contributed by atoms with E-state index in [2.05, 4.69) is 0 Å².